The van der Waals surface area contributed by atoms with Gasteiger partial charge < -0.3 is 0 Å². The molecule has 2 nitrogen and oxygen atoms in total. The second-order valence-electron chi connectivity index (χ2n) is 8.75. The highest BCUT2D eigenvalue weighted by molar-refractivity contribution is 5.92. The quantitative estimate of drug-likeness (QED) is 0.653. The van der Waals surface area contributed by atoms with E-state index in [-0.39, 0.29) is 10.8 Å². The molecule has 3 unspecified atom stereocenters. The SMILES string of the molecule is CC=C1CC2C(CC[C@]3(C)C(=O)CCC23)[C@@]2(C)CCC(=O)C=C12. The van der Waals surface area contributed by atoms with Crippen LogP contribution in [0.2, 0.25) is 0 Å². The predicted octanol–water partition coefficient (Wildman–Crippen LogP) is 4.64. The number of Topliss-reactive ketones (excluding diaryl/α,β-unsaturated/α-hetero) is 1. The van der Waals surface area contributed by atoms with E-state index in [4.69, 9.17) is 0 Å². The molecule has 3 fully saturated rings. The van der Waals surface area contributed by atoms with E-state index in [9.17, 15) is 9.59 Å². The van der Waals surface area contributed by atoms with Gasteiger partial charge in [0.05, 0.1) is 0 Å². The molecule has 2 heteroatoms. The third-order valence-corrected chi connectivity index (χ3v) is 7.93. The summed E-state index contributed by atoms with van der Waals surface area (Å²) in [5.41, 5.74) is 2.78. The molecule has 4 rings (SSSR count). The third kappa shape index (κ3) is 1.93. The van der Waals surface area contributed by atoms with Crippen LogP contribution < -0.4 is 0 Å². The first-order valence-corrected chi connectivity index (χ1v) is 9.34. The summed E-state index contributed by atoms with van der Waals surface area (Å²) in [6.45, 7) is 6.74. The average Bonchev–Trinajstić information content (AvgIpc) is 2.83. The Bertz CT molecular complexity index is 640. The van der Waals surface area contributed by atoms with Gasteiger partial charge in [0.25, 0.3) is 0 Å². The summed E-state index contributed by atoms with van der Waals surface area (Å²) in [6.07, 6.45) is 11.0. The summed E-state index contributed by atoms with van der Waals surface area (Å²) in [6, 6.07) is 0. The molecule has 23 heavy (non-hydrogen) atoms. The predicted molar refractivity (Wildman–Crippen MR) is 90.9 cm³/mol. The van der Waals surface area contributed by atoms with E-state index in [0.717, 1.165) is 38.5 Å². The molecule has 0 aromatic carbocycles. The molecular weight excluding hydrogens is 284 g/mol. The Balaban J connectivity index is 1.79. The summed E-state index contributed by atoms with van der Waals surface area (Å²) in [7, 11) is 0. The second-order valence-corrected chi connectivity index (χ2v) is 8.75. The Morgan fingerprint density at radius 3 is 2.52 bits per heavy atom. The van der Waals surface area contributed by atoms with Crippen LogP contribution in [0.3, 0.4) is 0 Å². The zero-order valence-corrected chi connectivity index (χ0v) is 14.7. The van der Waals surface area contributed by atoms with Gasteiger partial charge in [0.2, 0.25) is 0 Å². The Hall–Kier alpha value is -1.18. The number of hydrogen-bond acceptors (Lipinski definition) is 2. The van der Waals surface area contributed by atoms with Gasteiger partial charge in [0.1, 0.15) is 5.78 Å². The standard InChI is InChI=1S/C21H28O2/c1-4-13-11-15-16-5-6-19(23)21(16,3)10-8-17(15)20(2)9-7-14(22)12-18(13)20/h4,12,15-17H,5-11H2,1-3H3/t15?,16?,17?,20-,21+/m1/s1. The maximum absolute atomic E-state index is 12.5. The summed E-state index contributed by atoms with van der Waals surface area (Å²) >= 11 is 0. The molecule has 0 spiro atoms. The minimum Gasteiger partial charge on any atom is -0.299 e. The van der Waals surface area contributed by atoms with Crippen molar-refractivity contribution in [1.82, 2.24) is 0 Å². The van der Waals surface area contributed by atoms with Crippen LogP contribution in [0, 0.1) is 28.6 Å². The van der Waals surface area contributed by atoms with Gasteiger partial charge in [-0.3, -0.25) is 9.59 Å². The number of fused-ring (bicyclic) bond motifs is 5. The molecule has 4 aliphatic carbocycles. The molecule has 0 saturated heterocycles. The average molecular weight is 312 g/mol. The molecule has 0 aromatic heterocycles. The molecule has 0 amide bonds. The molecule has 0 N–H and O–H groups in total. The number of carbonyl (C=O) groups excluding carboxylic acids is 2. The first kappa shape index (κ1) is 15.4. The zero-order chi connectivity index (χ0) is 16.4. The van der Waals surface area contributed by atoms with Crippen LogP contribution in [0.1, 0.15) is 65.7 Å². The molecule has 124 valence electrons. The van der Waals surface area contributed by atoms with E-state index >= 15 is 0 Å². The van der Waals surface area contributed by atoms with Crippen molar-refractivity contribution in [2.75, 3.05) is 0 Å². The van der Waals surface area contributed by atoms with Crippen molar-refractivity contribution in [2.45, 2.75) is 65.7 Å². The van der Waals surface area contributed by atoms with Crippen molar-refractivity contribution in [3.05, 3.63) is 23.3 Å². The summed E-state index contributed by atoms with van der Waals surface area (Å²) in [4.78, 5) is 24.5. The molecule has 3 saturated carbocycles. The van der Waals surface area contributed by atoms with Gasteiger partial charge in [-0.05, 0) is 79.4 Å². The van der Waals surface area contributed by atoms with Crippen LogP contribution in [0.15, 0.2) is 23.3 Å². The van der Waals surface area contributed by atoms with Gasteiger partial charge in [-0.2, -0.15) is 0 Å². The number of hydrogen-bond donors (Lipinski definition) is 0. The fourth-order valence-electron chi connectivity index (χ4n) is 6.53. The first-order chi connectivity index (χ1) is 10.9. The van der Waals surface area contributed by atoms with E-state index in [1.54, 1.807) is 0 Å². The lowest BCUT2D eigenvalue weighted by Crippen LogP contribution is -2.51. The monoisotopic (exact) mass is 312 g/mol. The van der Waals surface area contributed by atoms with Crippen molar-refractivity contribution in [3.63, 3.8) is 0 Å². The van der Waals surface area contributed by atoms with Crippen molar-refractivity contribution >= 4 is 11.6 Å². The Labute approximate surface area is 139 Å². The lowest BCUT2D eigenvalue weighted by molar-refractivity contribution is -0.132. The van der Waals surface area contributed by atoms with Crippen LogP contribution in [-0.2, 0) is 9.59 Å². The molecular formula is C21H28O2. The van der Waals surface area contributed by atoms with E-state index in [1.807, 2.05) is 6.08 Å². The molecule has 0 heterocycles. The van der Waals surface area contributed by atoms with E-state index in [1.165, 1.54) is 11.1 Å². The lowest BCUT2D eigenvalue weighted by Gasteiger charge is -2.57. The minimum absolute atomic E-state index is 0.0674. The van der Waals surface area contributed by atoms with Crippen LogP contribution >= 0.6 is 0 Å². The third-order valence-electron chi connectivity index (χ3n) is 7.93. The van der Waals surface area contributed by atoms with Crippen LogP contribution in [0.25, 0.3) is 0 Å². The minimum atomic E-state index is -0.0674. The smallest absolute Gasteiger partial charge is 0.156 e. The molecule has 0 aromatic rings. The summed E-state index contributed by atoms with van der Waals surface area (Å²) < 4.78 is 0. The fourth-order valence-corrected chi connectivity index (χ4v) is 6.53. The highest BCUT2D eigenvalue weighted by Crippen LogP contribution is 2.65. The molecule has 0 radical (unpaired) electrons. The zero-order valence-electron chi connectivity index (χ0n) is 14.7. The van der Waals surface area contributed by atoms with Gasteiger partial charge in [0.15, 0.2) is 5.78 Å². The molecule has 5 atom stereocenters. The normalized spacial score (nSPS) is 47.9. The van der Waals surface area contributed by atoms with E-state index in [0.29, 0.717) is 35.7 Å². The summed E-state index contributed by atoms with van der Waals surface area (Å²) in [5, 5.41) is 0. The number of ketones is 2. The highest BCUT2D eigenvalue weighted by Gasteiger charge is 2.59. The first-order valence-electron chi connectivity index (χ1n) is 9.34. The van der Waals surface area contributed by atoms with Crippen LogP contribution in [0.5, 0.6) is 0 Å². The van der Waals surface area contributed by atoms with Gasteiger partial charge in [-0.25, -0.2) is 0 Å². The Kier molecular flexibility index (Phi) is 3.28. The van der Waals surface area contributed by atoms with Gasteiger partial charge >= 0.3 is 0 Å². The maximum Gasteiger partial charge on any atom is 0.156 e. The topological polar surface area (TPSA) is 34.1 Å². The molecule has 0 bridgehead atoms. The fraction of sp³-hybridized carbons (Fsp3) is 0.714. The Morgan fingerprint density at radius 2 is 1.78 bits per heavy atom. The Morgan fingerprint density at radius 1 is 1.04 bits per heavy atom. The van der Waals surface area contributed by atoms with Crippen LogP contribution in [-0.4, -0.2) is 11.6 Å². The van der Waals surface area contributed by atoms with Crippen molar-refractivity contribution < 1.29 is 9.59 Å². The highest BCUT2D eigenvalue weighted by atomic mass is 16.1. The maximum atomic E-state index is 12.5. The number of allylic oxidation sites excluding steroid dienone is 3. The van der Waals surface area contributed by atoms with Gasteiger partial charge in [-0.1, -0.05) is 19.9 Å². The van der Waals surface area contributed by atoms with Gasteiger partial charge in [-0.15, -0.1) is 0 Å². The number of carbonyl (C=O) groups is 2. The molecule has 4 aliphatic rings. The van der Waals surface area contributed by atoms with Crippen molar-refractivity contribution in [2.24, 2.45) is 28.6 Å². The second kappa shape index (κ2) is 4.91. The van der Waals surface area contributed by atoms with E-state index < -0.39 is 0 Å². The van der Waals surface area contributed by atoms with E-state index in [2.05, 4.69) is 26.8 Å². The molecule has 0 aliphatic heterocycles. The van der Waals surface area contributed by atoms with Crippen LogP contribution in [0.4, 0.5) is 0 Å². The van der Waals surface area contributed by atoms with Gasteiger partial charge in [0, 0.05) is 18.3 Å². The van der Waals surface area contributed by atoms with Crippen molar-refractivity contribution in [3.8, 4) is 0 Å². The summed E-state index contributed by atoms with van der Waals surface area (Å²) in [5.74, 6) is 2.64. The van der Waals surface area contributed by atoms with Crippen molar-refractivity contribution in [1.29, 1.82) is 0 Å². The number of rotatable bonds is 0. The lowest BCUT2D eigenvalue weighted by atomic mass is 9.46. The largest absolute Gasteiger partial charge is 0.299 e.